The average Bonchev–Trinajstić information content (AvgIpc) is 2.32. The van der Waals surface area contributed by atoms with Gasteiger partial charge < -0.3 is 15.5 Å². The Morgan fingerprint density at radius 3 is 2.44 bits per heavy atom. The van der Waals surface area contributed by atoms with Crippen molar-refractivity contribution in [3.63, 3.8) is 0 Å². The van der Waals surface area contributed by atoms with Crippen molar-refractivity contribution in [2.45, 2.75) is 26.3 Å². The Morgan fingerprint density at radius 1 is 1.22 bits per heavy atom. The molecular formula is C15H25N3. The van der Waals surface area contributed by atoms with Crippen molar-refractivity contribution in [2.24, 2.45) is 5.73 Å². The van der Waals surface area contributed by atoms with E-state index in [0.717, 1.165) is 32.6 Å². The Morgan fingerprint density at radius 2 is 1.89 bits per heavy atom. The van der Waals surface area contributed by atoms with Crippen LogP contribution in [0, 0.1) is 6.92 Å². The van der Waals surface area contributed by atoms with E-state index < -0.39 is 0 Å². The van der Waals surface area contributed by atoms with E-state index in [4.69, 9.17) is 5.73 Å². The van der Waals surface area contributed by atoms with E-state index in [1.165, 1.54) is 16.8 Å². The van der Waals surface area contributed by atoms with Crippen molar-refractivity contribution in [3.8, 4) is 0 Å². The monoisotopic (exact) mass is 247 g/mol. The number of nitrogens with two attached hydrogens (primary N) is 1. The largest absolute Gasteiger partial charge is 0.369 e. The first kappa shape index (κ1) is 13.4. The fourth-order valence-electron chi connectivity index (χ4n) is 2.52. The molecule has 1 aromatic rings. The van der Waals surface area contributed by atoms with Crippen molar-refractivity contribution in [2.75, 3.05) is 38.1 Å². The summed E-state index contributed by atoms with van der Waals surface area (Å²) in [6.45, 7) is 8.82. The molecule has 1 heterocycles. The first-order valence-corrected chi connectivity index (χ1v) is 6.85. The quantitative estimate of drug-likeness (QED) is 0.881. The number of hydrogen-bond donors (Lipinski definition) is 1. The molecule has 3 heteroatoms. The van der Waals surface area contributed by atoms with Crippen LogP contribution in [0.4, 0.5) is 5.69 Å². The van der Waals surface area contributed by atoms with Crippen molar-refractivity contribution in [1.82, 2.24) is 4.90 Å². The Kier molecular flexibility index (Phi) is 4.25. The maximum atomic E-state index is 5.87. The molecule has 0 radical (unpaired) electrons. The van der Waals surface area contributed by atoms with E-state index in [0.29, 0.717) is 0 Å². The lowest BCUT2D eigenvalue weighted by Gasteiger charge is -2.34. The third-order valence-electron chi connectivity index (χ3n) is 3.74. The first-order chi connectivity index (χ1) is 8.56. The molecule has 2 rings (SSSR count). The lowest BCUT2D eigenvalue weighted by atomic mass is 10.0. The van der Waals surface area contributed by atoms with Gasteiger partial charge in [-0.15, -0.1) is 0 Å². The maximum absolute atomic E-state index is 5.87. The van der Waals surface area contributed by atoms with Crippen LogP contribution in [-0.4, -0.2) is 44.2 Å². The van der Waals surface area contributed by atoms with Gasteiger partial charge in [-0.25, -0.2) is 0 Å². The second-order valence-corrected chi connectivity index (χ2v) is 5.58. The molecule has 1 atom stereocenters. The number of rotatable bonds is 3. The molecule has 1 aliphatic heterocycles. The van der Waals surface area contributed by atoms with Gasteiger partial charge in [0, 0.05) is 37.9 Å². The van der Waals surface area contributed by atoms with Crippen LogP contribution in [0.3, 0.4) is 0 Å². The van der Waals surface area contributed by atoms with E-state index in [-0.39, 0.29) is 6.04 Å². The SMILES string of the molecule is Cc1cc(N2CCN(C)CC2)ccc1CC(C)N. The molecule has 1 fully saturated rings. The van der Waals surface area contributed by atoms with Crippen LogP contribution in [-0.2, 0) is 6.42 Å². The van der Waals surface area contributed by atoms with Gasteiger partial charge in [-0.2, -0.15) is 0 Å². The summed E-state index contributed by atoms with van der Waals surface area (Å²) < 4.78 is 0. The molecule has 100 valence electrons. The zero-order chi connectivity index (χ0) is 13.1. The summed E-state index contributed by atoms with van der Waals surface area (Å²) in [6, 6.07) is 7.03. The number of aryl methyl sites for hydroxylation is 1. The van der Waals surface area contributed by atoms with Crippen LogP contribution in [0.15, 0.2) is 18.2 Å². The van der Waals surface area contributed by atoms with Crippen LogP contribution in [0.5, 0.6) is 0 Å². The predicted molar refractivity (Wildman–Crippen MR) is 78.2 cm³/mol. The van der Waals surface area contributed by atoms with Crippen LogP contribution < -0.4 is 10.6 Å². The fourth-order valence-corrected chi connectivity index (χ4v) is 2.52. The number of piperazine rings is 1. The highest BCUT2D eigenvalue weighted by Gasteiger charge is 2.14. The average molecular weight is 247 g/mol. The Balaban J connectivity index is 2.08. The smallest absolute Gasteiger partial charge is 0.0369 e. The Labute approximate surface area is 111 Å². The molecule has 0 aliphatic carbocycles. The van der Waals surface area contributed by atoms with E-state index in [1.54, 1.807) is 0 Å². The van der Waals surface area contributed by atoms with Gasteiger partial charge in [0.15, 0.2) is 0 Å². The van der Waals surface area contributed by atoms with Crippen molar-refractivity contribution in [1.29, 1.82) is 0 Å². The molecule has 0 spiro atoms. The minimum atomic E-state index is 0.234. The normalized spacial score (nSPS) is 19.0. The zero-order valence-corrected chi connectivity index (χ0v) is 11.8. The molecule has 1 aliphatic rings. The molecule has 3 nitrogen and oxygen atoms in total. The summed E-state index contributed by atoms with van der Waals surface area (Å²) in [5.74, 6) is 0. The first-order valence-electron chi connectivity index (χ1n) is 6.85. The third kappa shape index (κ3) is 3.24. The van der Waals surface area contributed by atoms with E-state index in [1.807, 2.05) is 0 Å². The molecule has 18 heavy (non-hydrogen) atoms. The summed E-state index contributed by atoms with van der Waals surface area (Å²) in [6.07, 6.45) is 0.967. The number of hydrogen-bond acceptors (Lipinski definition) is 3. The minimum Gasteiger partial charge on any atom is -0.369 e. The van der Waals surface area contributed by atoms with Crippen LogP contribution in [0.2, 0.25) is 0 Å². The Hall–Kier alpha value is -1.06. The molecule has 1 aromatic carbocycles. The van der Waals surface area contributed by atoms with Gasteiger partial charge >= 0.3 is 0 Å². The summed E-state index contributed by atoms with van der Waals surface area (Å²) in [5.41, 5.74) is 9.97. The standard InChI is InChI=1S/C15H25N3/c1-12-10-15(5-4-14(12)11-13(2)16)18-8-6-17(3)7-9-18/h4-5,10,13H,6-9,11,16H2,1-3H3. The lowest BCUT2D eigenvalue weighted by Crippen LogP contribution is -2.44. The van der Waals surface area contributed by atoms with Gasteiger partial charge in [0.05, 0.1) is 0 Å². The summed E-state index contributed by atoms with van der Waals surface area (Å²) in [5, 5.41) is 0. The van der Waals surface area contributed by atoms with E-state index in [2.05, 4.69) is 48.9 Å². The molecule has 0 aromatic heterocycles. The van der Waals surface area contributed by atoms with Gasteiger partial charge in [0.1, 0.15) is 0 Å². The fraction of sp³-hybridized carbons (Fsp3) is 0.600. The zero-order valence-electron chi connectivity index (χ0n) is 11.8. The maximum Gasteiger partial charge on any atom is 0.0369 e. The molecule has 0 amide bonds. The van der Waals surface area contributed by atoms with Crippen LogP contribution in [0.1, 0.15) is 18.1 Å². The van der Waals surface area contributed by atoms with Gasteiger partial charge in [-0.05, 0) is 50.6 Å². The number of anilines is 1. The second-order valence-electron chi connectivity index (χ2n) is 5.58. The number of benzene rings is 1. The van der Waals surface area contributed by atoms with Gasteiger partial charge in [-0.1, -0.05) is 6.07 Å². The third-order valence-corrected chi connectivity index (χ3v) is 3.74. The summed E-state index contributed by atoms with van der Waals surface area (Å²) in [4.78, 5) is 4.86. The summed E-state index contributed by atoms with van der Waals surface area (Å²) in [7, 11) is 2.19. The molecule has 2 N–H and O–H groups in total. The molecular weight excluding hydrogens is 222 g/mol. The molecule has 1 saturated heterocycles. The summed E-state index contributed by atoms with van der Waals surface area (Å²) >= 11 is 0. The second kappa shape index (κ2) is 5.72. The Bertz CT molecular complexity index is 393. The highest BCUT2D eigenvalue weighted by molar-refractivity contribution is 5.51. The van der Waals surface area contributed by atoms with Gasteiger partial charge in [0.25, 0.3) is 0 Å². The van der Waals surface area contributed by atoms with Crippen LogP contribution in [0.25, 0.3) is 0 Å². The van der Waals surface area contributed by atoms with Gasteiger partial charge in [0.2, 0.25) is 0 Å². The van der Waals surface area contributed by atoms with Gasteiger partial charge in [-0.3, -0.25) is 0 Å². The molecule has 1 unspecified atom stereocenters. The molecule has 0 saturated carbocycles. The number of nitrogens with zero attached hydrogens (tertiary/aromatic N) is 2. The van der Waals surface area contributed by atoms with Crippen molar-refractivity contribution >= 4 is 5.69 Å². The lowest BCUT2D eigenvalue weighted by molar-refractivity contribution is 0.313. The minimum absolute atomic E-state index is 0.234. The van der Waals surface area contributed by atoms with E-state index >= 15 is 0 Å². The predicted octanol–water partition coefficient (Wildman–Crippen LogP) is 1.64. The van der Waals surface area contributed by atoms with Crippen molar-refractivity contribution < 1.29 is 0 Å². The number of likely N-dealkylation sites (N-methyl/N-ethyl adjacent to an activating group) is 1. The van der Waals surface area contributed by atoms with Crippen LogP contribution >= 0.6 is 0 Å². The van der Waals surface area contributed by atoms with E-state index in [9.17, 15) is 0 Å². The molecule has 0 bridgehead atoms. The highest BCUT2D eigenvalue weighted by atomic mass is 15.2. The van der Waals surface area contributed by atoms with Crippen molar-refractivity contribution in [3.05, 3.63) is 29.3 Å². The topological polar surface area (TPSA) is 32.5 Å². The highest BCUT2D eigenvalue weighted by Crippen LogP contribution is 2.21.